The molecule has 2 N–H and O–H groups in total. The largest absolute Gasteiger partial charge is 0.378 e. The first-order valence-corrected chi connectivity index (χ1v) is 12.3. The highest BCUT2D eigenvalue weighted by Gasteiger charge is 2.47. The number of rotatable bonds is 5. The van der Waals surface area contributed by atoms with E-state index in [0.29, 0.717) is 18.1 Å². The summed E-state index contributed by atoms with van der Waals surface area (Å²) in [5.41, 5.74) is 6.27. The van der Waals surface area contributed by atoms with Gasteiger partial charge in [-0.3, -0.25) is 9.59 Å². The van der Waals surface area contributed by atoms with E-state index in [1.165, 1.54) is 24.0 Å². The second kappa shape index (κ2) is 9.26. The number of anilines is 2. The minimum Gasteiger partial charge on any atom is -0.378 e. The third-order valence-electron chi connectivity index (χ3n) is 7.46. The average Bonchev–Trinajstić information content (AvgIpc) is 3.70. The Bertz CT molecular complexity index is 1120. The van der Waals surface area contributed by atoms with Crippen molar-refractivity contribution in [3.63, 3.8) is 0 Å². The molecule has 1 fully saturated rings. The smallest absolute Gasteiger partial charge is 0.251 e. The first kappa shape index (κ1) is 22.7. The zero-order chi connectivity index (χ0) is 23.8. The van der Waals surface area contributed by atoms with Crippen LogP contribution in [0, 0.1) is 11.8 Å². The minimum atomic E-state index is -0.0943. The van der Waals surface area contributed by atoms with Gasteiger partial charge in [0.1, 0.15) is 0 Å². The Labute approximate surface area is 201 Å². The van der Waals surface area contributed by atoms with Crippen molar-refractivity contribution in [2.45, 2.75) is 45.2 Å². The van der Waals surface area contributed by atoms with Crippen LogP contribution in [0.4, 0.5) is 11.4 Å². The Hall–Kier alpha value is -3.12. The van der Waals surface area contributed by atoms with E-state index < -0.39 is 0 Å². The van der Waals surface area contributed by atoms with Gasteiger partial charge in [-0.15, -0.1) is 0 Å². The van der Waals surface area contributed by atoms with Crippen LogP contribution >= 0.6 is 0 Å². The summed E-state index contributed by atoms with van der Waals surface area (Å²) in [7, 11) is 1.64. The first-order chi connectivity index (χ1) is 16.5. The van der Waals surface area contributed by atoms with Crippen LogP contribution in [0.15, 0.2) is 48.5 Å². The number of hydrogen-bond donors (Lipinski definition) is 2. The van der Waals surface area contributed by atoms with Gasteiger partial charge in [-0.1, -0.05) is 19.1 Å². The summed E-state index contributed by atoms with van der Waals surface area (Å²) in [5.74, 6) is 0.797. The number of nitrogens with one attached hydrogen (secondary N) is 2. The van der Waals surface area contributed by atoms with Gasteiger partial charge in [0, 0.05) is 42.9 Å². The molecule has 2 aromatic carbocycles. The molecule has 34 heavy (non-hydrogen) atoms. The highest BCUT2D eigenvalue weighted by molar-refractivity contribution is 5.95. The lowest BCUT2D eigenvalue weighted by atomic mass is 9.79. The number of nitrogens with zero attached hydrogens (tertiary/aromatic N) is 1. The molecule has 6 heteroatoms. The molecule has 0 spiro atoms. The maximum Gasteiger partial charge on any atom is 0.251 e. The summed E-state index contributed by atoms with van der Waals surface area (Å²) in [4.78, 5) is 26.9. The molecular weight excluding hydrogens is 426 g/mol. The zero-order valence-corrected chi connectivity index (χ0v) is 20.1. The van der Waals surface area contributed by atoms with Crippen molar-refractivity contribution in [1.29, 1.82) is 0 Å². The van der Waals surface area contributed by atoms with Gasteiger partial charge < -0.3 is 20.3 Å². The number of fused-ring (bicyclic) bond motifs is 1. The van der Waals surface area contributed by atoms with Crippen LogP contribution in [0.2, 0.25) is 0 Å². The fourth-order valence-corrected chi connectivity index (χ4v) is 5.60. The predicted molar refractivity (Wildman–Crippen MR) is 135 cm³/mol. The van der Waals surface area contributed by atoms with E-state index in [-0.39, 0.29) is 29.8 Å². The van der Waals surface area contributed by atoms with Crippen molar-refractivity contribution in [3.8, 4) is 0 Å². The van der Waals surface area contributed by atoms with Crippen molar-refractivity contribution in [2.75, 3.05) is 30.5 Å². The number of hydrogen-bond acceptors (Lipinski definition) is 4. The van der Waals surface area contributed by atoms with Crippen LogP contribution in [-0.4, -0.2) is 38.1 Å². The number of carbonyl (C=O) groups excluding carboxylic acids is 2. The summed E-state index contributed by atoms with van der Waals surface area (Å²) in [6.45, 7) is 5.33. The summed E-state index contributed by atoms with van der Waals surface area (Å²) in [6.07, 6.45) is 5.40. The van der Waals surface area contributed by atoms with E-state index in [0.717, 1.165) is 30.0 Å². The van der Waals surface area contributed by atoms with Gasteiger partial charge in [-0.05, 0) is 78.3 Å². The molecule has 0 saturated heterocycles. The Morgan fingerprint density at radius 3 is 2.47 bits per heavy atom. The molecule has 5 rings (SSSR count). The number of carbonyl (C=O) groups is 2. The normalized spacial score (nSPS) is 24.1. The van der Waals surface area contributed by atoms with Gasteiger partial charge >= 0.3 is 0 Å². The topological polar surface area (TPSA) is 70.7 Å². The van der Waals surface area contributed by atoms with Crippen molar-refractivity contribution in [1.82, 2.24) is 5.32 Å². The molecule has 2 heterocycles. The monoisotopic (exact) mass is 459 g/mol. The van der Waals surface area contributed by atoms with Gasteiger partial charge in [0.2, 0.25) is 5.91 Å². The molecule has 1 aliphatic carbocycles. The van der Waals surface area contributed by atoms with Crippen molar-refractivity contribution in [3.05, 3.63) is 65.2 Å². The maximum atomic E-state index is 12.9. The van der Waals surface area contributed by atoms with Gasteiger partial charge in [-0.2, -0.15) is 0 Å². The lowest BCUT2D eigenvalue weighted by Crippen LogP contribution is -2.51. The Balaban J connectivity index is 1.55. The van der Waals surface area contributed by atoms with Crippen LogP contribution in [0.25, 0.3) is 5.57 Å². The van der Waals surface area contributed by atoms with Crippen LogP contribution in [0.5, 0.6) is 0 Å². The van der Waals surface area contributed by atoms with Gasteiger partial charge in [0.15, 0.2) is 0 Å². The van der Waals surface area contributed by atoms with E-state index in [2.05, 4.69) is 41.8 Å². The van der Waals surface area contributed by atoms with Crippen LogP contribution in [-0.2, 0) is 9.53 Å². The highest BCUT2D eigenvalue weighted by Crippen LogP contribution is 2.50. The number of amides is 2. The number of benzene rings is 2. The average molecular weight is 460 g/mol. The van der Waals surface area contributed by atoms with Crippen molar-refractivity contribution >= 4 is 28.8 Å². The third kappa shape index (κ3) is 4.23. The molecule has 3 aliphatic rings. The van der Waals surface area contributed by atoms with Crippen molar-refractivity contribution < 1.29 is 14.3 Å². The second-order valence-corrected chi connectivity index (χ2v) is 9.68. The molecule has 2 aliphatic heterocycles. The van der Waals surface area contributed by atoms with Gasteiger partial charge in [0.25, 0.3) is 5.91 Å². The molecule has 0 radical (unpaired) electrons. The van der Waals surface area contributed by atoms with E-state index in [1.807, 2.05) is 29.2 Å². The predicted octanol–water partition coefficient (Wildman–Crippen LogP) is 4.78. The highest BCUT2D eigenvalue weighted by atomic mass is 16.5. The molecule has 2 aromatic rings. The van der Waals surface area contributed by atoms with Gasteiger partial charge in [-0.25, -0.2) is 0 Å². The summed E-state index contributed by atoms with van der Waals surface area (Å²) >= 11 is 0. The van der Waals surface area contributed by atoms with E-state index in [9.17, 15) is 9.59 Å². The molecule has 0 unspecified atom stereocenters. The van der Waals surface area contributed by atoms with Crippen LogP contribution in [0.3, 0.4) is 0 Å². The summed E-state index contributed by atoms with van der Waals surface area (Å²) < 4.78 is 5.51. The first-order valence-electron chi connectivity index (χ1n) is 12.3. The van der Waals surface area contributed by atoms with E-state index >= 15 is 0 Å². The maximum absolute atomic E-state index is 12.9. The fraction of sp³-hybridized carbons (Fsp3) is 0.429. The van der Waals surface area contributed by atoms with Crippen molar-refractivity contribution in [2.24, 2.45) is 11.8 Å². The number of ether oxygens (including phenoxy) is 1. The molecular formula is C28H33N3O3. The lowest BCUT2D eigenvalue weighted by Gasteiger charge is -2.46. The molecule has 178 valence electrons. The second-order valence-electron chi connectivity index (χ2n) is 9.68. The SMILES string of the molecule is CNC(=O)c1ccc(N[C@@H]2c3cc(C4=CCOCC4)ccc3N(C(C)=O)[C@H](C3CC3)[C@H]2C)cc1. The van der Waals surface area contributed by atoms with Gasteiger partial charge in [0.05, 0.1) is 19.3 Å². The lowest BCUT2D eigenvalue weighted by molar-refractivity contribution is -0.117. The quantitative estimate of drug-likeness (QED) is 0.675. The summed E-state index contributed by atoms with van der Waals surface area (Å²) in [5, 5.41) is 6.43. The molecule has 2 amide bonds. The molecule has 1 saturated carbocycles. The zero-order valence-electron chi connectivity index (χ0n) is 20.1. The standard InChI is InChI=1S/C28H33N3O3/c1-17-26(30-23-9-6-21(7-10-23)28(33)29-3)24-16-22(19-12-14-34-15-13-19)8-11-25(24)31(18(2)32)27(17)20-4-5-20/h6-12,16-17,20,26-27,30H,4-5,13-15H2,1-3H3,(H,29,33)/t17-,26-,27-/m0/s1. The van der Waals surface area contributed by atoms with E-state index in [1.54, 1.807) is 14.0 Å². The van der Waals surface area contributed by atoms with E-state index in [4.69, 9.17) is 4.74 Å². The Kier molecular flexibility index (Phi) is 6.17. The molecule has 0 bridgehead atoms. The molecule has 0 aromatic heterocycles. The van der Waals surface area contributed by atoms with Crippen LogP contribution in [0.1, 0.15) is 60.6 Å². The molecule has 6 nitrogen and oxygen atoms in total. The minimum absolute atomic E-state index is 0.0578. The summed E-state index contributed by atoms with van der Waals surface area (Å²) in [6, 6.07) is 14.4. The third-order valence-corrected chi connectivity index (χ3v) is 7.46. The Morgan fingerprint density at radius 1 is 1.09 bits per heavy atom. The van der Waals surface area contributed by atoms with Crippen LogP contribution < -0.4 is 15.5 Å². The molecule has 3 atom stereocenters. The Morgan fingerprint density at radius 2 is 1.85 bits per heavy atom. The fourth-order valence-electron chi connectivity index (χ4n) is 5.60.